The van der Waals surface area contributed by atoms with Crippen molar-refractivity contribution in [2.24, 2.45) is 0 Å². The number of amides is 2. The number of nitrogens with one attached hydrogen (secondary N) is 2. The molecule has 1 saturated carbocycles. The van der Waals surface area contributed by atoms with Crippen LogP contribution in [0.15, 0.2) is 0 Å². The fraction of sp³-hybridized carbons (Fsp3) is 0.750. The quantitative estimate of drug-likeness (QED) is 0.477. The lowest BCUT2D eigenvalue weighted by Gasteiger charge is -2.25. The standard InChI is InChI=1S/C12H20N2O4/c1-3-4-10(13-7-15)11(18-8(2)16)12(17)14-9-5-6-9/h7,9-11H,3-6H2,1-2H3,(H,13,15)(H,14,17)/t10-,11?/m0/s1. The van der Waals surface area contributed by atoms with Gasteiger partial charge in [-0.15, -0.1) is 0 Å². The van der Waals surface area contributed by atoms with Crippen molar-refractivity contribution in [2.45, 2.75) is 57.7 Å². The molecule has 102 valence electrons. The summed E-state index contributed by atoms with van der Waals surface area (Å²) in [7, 11) is 0. The largest absolute Gasteiger partial charge is 0.450 e. The van der Waals surface area contributed by atoms with E-state index in [-0.39, 0.29) is 11.9 Å². The van der Waals surface area contributed by atoms with E-state index in [1.165, 1.54) is 6.92 Å². The molecule has 6 nitrogen and oxygen atoms in total. The number of carbonyl (C=O) groups excluding carboxylic acids is 3. The molecule has 0 bridgehead atoms. The van der Waals surface area contributed by atoms with Crippen LogP contribution < -0.4 is 10.6 Å². The van der Waals surface area contributed by atoms with Crippen molar-refractivity contribution < 1.29 is 19.1 Å². The maximum atomic E-state index is 12.0. The van der Waals surface area contributed by atoms with Gasteiger partial charge in [0.25, 0.3) is 5.91 Å². The molecule has 6 heteroatoms. The molecule has 1 aliphatic rings. The zero-order valence-corrected chi connectivity index (χ0v) is 10.8. The fourth-order valence-corrected chi connectivity index (χ4v) is 1.73. The normalized spacial score (nSPS) is 17.4. The summed E-state index contributed by atoms with van der Waals surface area (Å²) in [5.41, 5.74) is 0. The molecule has 1 aliphatic carbocycles. The monoisotopic (exact) mass is 256 g/mol. The van der Waals surface area contributed by atoms with E-state index in [2.05, 4.69) is 10.6 Å². The molecule has 1 unspecified atom stereocenters. The van der Waals surface area contributed by atoms with Gasteiger partial charge in [-0.05, 0) is 19.3 Å². The van der Waals surface area contributed by atoms with Crippen LogP contribution in [0, 0.1) is 0 Å². The summed E-state index contributed by atoms with van der Waals surface area (Å²) < 4.78 is 5.04. The zero-order chi connectivity index (χ0) is 13.5. The smallest absolute Gasteiger partial charge is 0.303 e. The van der Waals surface area contributed by atoms with Crippen LogP contribution in [0.1, 0.15) is 39.5 Å². The molecule has 0 saturated heterocycles. The lowest BCUT2D eigenvalue weighted by atomic mass is 10.1. The van der Waals surface area contributed by atoms with Crippen molar-refractivity contribution in [1.82, 2.24) is 10.6 Å². The Morgan fingerprint density at radius 1 is 1.44 bits per heavy atom. The minimum atomic E-state index is -0.951. The number of hydrogen-bond acceptors (Lipinski definition) is 4. The van der Waals surface area contributed by atoms with Crippen LogP contribution in [0.3, 0.4) is 0 Å². The minimum Gasteiger partial charge on any atom is -0.450 e. The van der Waals surface area contributed by atoms with Crippen molar-refractivity contribution in [2.75, 3.05) is 0 Å². The first-order valence-corrected chi connectivity index (χ1v) is 6.25. The van der Waals surface area contributed by atoms with E-state index >= 15 is 0 Å². The Kier molecular flexibility index (Phi) is 5.61. The van der Waals surface area contributed by atoms with E-state index < -0.39 is 18.1 Å². The van der Waals surface area contributed by atoms with Crippen LogP contribution in [-0.4, -0.2) is 36.5 Å². The highest BCUT2D eigenvalue weighted by Crippen LogP contribution is 2.19. The number of hydrogen-bond donors (Lipinski definition) is 2. The number of rotatable bonds is 8. The van der Waals surface area contributed by atoms with Crippen molar-refractivity contribution >= 4 is 18.3 Å². The molecular weight excluding hydrogens is 236 g/mol. The number of ether oxygens (including phenoxy) is 1. The SMILES string of the molecule is CCC[C@H](NC=O)C(OC(C)=O)C(=O)NC1CC1. The molecule has 0 radical (unpaired) electrons. The van der Waals surface area contributed by atoms with Crippen molar-refractivity contribution in [3.05, 3.63) is 0 Å². The highest BCUT2D eigenvalue weighted by molar-refractivity contribution is 5.84. The van der Waals surface area contributed by atoms with Crippen molar-refractivity contribution in [1.29, 1.82) is 0 Å². The van der Waals surface area contributed by atoms with Crippen molar-refractivity contribution in [3.8, 4) is 0 Å². The summed E-state index contributed by atoms with van der Waals surface area (Å²) in [4.78, 5) is 33.6. The fourth-order valence-electron chi connectivity index (χ4n) is 1.73. The average molecular weight is 256 g/mol. The van der Waals surface area contributed by atoms with Gasteiger partial charge in [-0.2, -0.15) is 0 Å². The second kappa shape index (κ2) is 6.98. The van der Waals surface area contributed by atoms with E-state index in [1.54, 1.807) is 0 Å². The van der Waals surface area contributed by atoms with Gasteiger partial charge in [-0.3, -0.25) is 14.4 Å². The van der Waals surface area contributed by atoms with Gasteiger partial charge in [0.1, 0.15) is 0 Å². The van der Waals surface area contributed by atoms with Crippen LogP contribution in [0.5, 0.6) is 0 Å². The summed E-state index contributed by atoms with van der Waals surface area (Å²) >= 11 is 0. The van der Waals surface area contributed by atoms with Gasteiger partial charge in [-0.25, -0.2) is 0 Å². The second-order valence-electron chi connectivity index (χ2n) is 4.49. The van der Waals surface area contributed by atoms with E-state index in [0.717, 1.165) is 19.3 Å². The Bertz CT molecular complexity index is 315. The van der Waals surface area contributed by atoms with Crippen LogP contribution >= 0.6 is 0 Å². The predicted octanol–water partition coefficient (Wildman–Crippen LogP) is 0.111. The molecule has 2 atom stereocenters. The van der Waals surface area contributed by atoms with Gasteiger partial charge in [0.2, 0.25) is 6.41 Å². The predicted molar refractivity (Wildman–Crippen MR) is 64.6 cm³/mol. The highest BCUT2D eigenvalue weighted by atomic mass is 16.5. The van der Waals surface area contributed by atoms with Gasteiger partial charge in [0, 0.05) is 13.0 Å². The molecule has 0 spiro atoms. The van der Waals surface area contributed by atoms with E-state index in [9.17, 15) is 14.4 Å². The van der Waals surface area contributed by atoms with Gasteiger partial charge in [0.15, 0.2) is 6.10 Å². The van der Waals surface area contributed by atoms with Crippen LogP contribution in [-0.2, 0) is 19.1 Å². The minimum absolute atomic E-state index is 0.189. The maximum Gasteiger partial charge on any atom is 0.303 e. The Morgan fingerprint density at radius 3 is 2.56 bits per heavy atom. The number of carbonyl (C=O) groups is 3. The molecule has 0 heterocycles. The molecule has 18 heavy (non-hydrogen) atoms. The molecule has 2 N–H and O–H groups in total. The lowest BCUT2D eigenvalue weighted by Crippen LogP contribution is -2.51. The van der Waals surface area contributed by atoms with E-state index in [1.807, 2.05) is 6.92 Å². The van der Waals surface area contributed by atoms with E-state index in [4.69, 9.17) is 4.74 Å². The first-order chi connectivity index (χ1) is 8.58. The van der Waals surface area contributed by atoms with Gasteiger partial charge >= 0.3 is 5.97 Å². The highest BCUT2D eigenvalue weighted by Gasteiger charge is 2.34. The summed E-state index contributed by atoms with van der Waals surface area (Å²) in [5, 5.41) is 5.33. The summed E-state index contributed by atoms with van der Waals surface area (Å²) in [5.74, 6) is -0.861. The summed E-state index contributed by atoms with van der Waals surface area (Å²) in [6.07, 6.45) is 2.85. The topological polar surface area (TPSA) is 84.5 Å². The molecule has 0 aliphatic heterocycles. The zero-order valence-electron chi connectivity index (χ0n) is 10.8. The molecule has 0 aromatic rings. The summed E-state index contributed by atoms with van der Waals surface area (Å²) in [6, 6.07) is -0.288. The Balaban J connectivity index is 2.67. The van der Waals surface area contributed by atoms with Gasteiger partial charge < -0.3 is 15.4 Å². The number of esters is 1. The Morgan fingerprint density at radius 2 is 2.11 bits per heavy atom. The molecular formula is C12H20N2O4. The van der Waals surface area contributed by atoms with Gasteiger partial charge in [-0.1, -0.05) is 13.3 Å². The first-order valence-electron chi connectivity index (χ1n) is 6.25. The molecule has 2 amide bonds. The Hall–Kier alpha value is -1.59. The molecule has 1 rings (SSSR count). The molecule has 1 fully saturated rings. The Labute approximate surface area is 106 Å². The second-order valence-corrected chi connectivity index (χ2v) is 4.49. The van der Waals surface area contributed by atoms with Gasteiger partial charge in [0.05, 0.1) is 6.04 Å². The molecule has 0 aromatic heterocycles. The van der Waals surface area contributed by atoms with Crippen LogP contribution in [0.4, 0.5) is 0 Å². The van der Waals surface area contributed by atoms with Crippen LogP contribution in [0.25, 0.3) is 0 Å². The lowest BCUT2D eigenvalue weighted by molar-refractivity contribution is -0.156. The maximum absolute atomic E-state index is 12.0. The third-order valence-electron chi connectivity index (χ3n) is 2.72. The third kappa shape index (κ3) is 4.73. The third-order valence-corrected chi connectivity index (χ3v) is 2.72. The van der Waals surface area contributed by atoms with Crippen molar-refractivity contribution in [3.63, 3.8) is 0 Å². The van der Waals surface area contributed by atoms with Crippen LogP contribution in [0.2, 0.25) is 0 Å². The molecule has 0 aromatic carbocycles. The average Bonchev–Trinajstić information content (AvgIpc) is 3.09. The first kappa shape index (κ1) is 14.5. The summed E-state index contributed by atoms with van der Waals surface area (Å²) in [6.45, 7) is 3.18. The van der Waals surface area contributed by atoms with E-state index in [0.29, 0.717) is 12.8 Å².